The molecule has 4 nitrogen and oxygen atoms in total. The molecule has 0 saturated carbocycles. The standard InChI is InChI=1S/C9H18N2O2S2/c1-15(12,13)9-8-14-7-6-11(9)5-3-2-4-10/h2-3,9H,4-8,10H2,1H3. The third-order valence-corrected chi connectivity index (χ3v) is 5.01. The summed E-state index contributed by atoms with van der Waals surface area (Å²) in [7, 11) is -2.97. The molecule has 6 heteroatoms. The molecule has 1 rings (SSSR count). The predicted octanol–water partition coefficient (Wildman–Crippen LogP) is -0.0792. The van der Waals surface area contributed by atoms with E-state index in [9.17, 15) is 8.42 Å². The molecule has 1 fully saturated rings. The lowest BCUT2D eigenvalue weighted by Gasteiger charge is -2.33. The van der Waals surface area contributed by atoms with Crippen molar-refractivity contribution in [1.29, 1.82) is 0 Å². The van der Waals surface area contributed by atoms with Crippen molar-refractivity contribution in [3.05, 3.63) is 12.2 Å². The minimum Gasteiger partial charge on any atom is -0.327 e. The van der Waals surface area contributed by atoms with Crippen LogP contribution in [0.4, 0.5) is 0 Å². The van der Waals surface area contributed by atoms with E-state index >= 15 is 0 Å². The minimum atomic E-state index is -2.97. The van der Waals surface area contributed by atoms with E-state index < -0.39 is 9.84 Å². The summed E-state index contributed by atoms with van der Waals surface area (Å²) < 4.78 is 23.1. The number of sulfone groups is 1. The lowest BCUT2D eigenvalue weighted by molar-refractivity contribution is 0.299. The van der Waals surface area contributed by atoms with Crippen molar-refractivity contribution in [3.63, 3.8) is 0 Å². The van der Waals surface area contributed by atoms with Gasteiger partial charge in [0.15, 0.2) is 9.84 Å². The smallest absolute Gasteiger partial charge is 0.164 e. The number of rotatable bonds is 4. The molecule has 0 radical (unpaired) electrons. The summed E-state index contributed by atoms with van der Waals surface area (Å²) in [5, 5.41) is -0.335. The Kier molecular flexibility index (Phi) is 5.11. The molecule has 0 aromatic carbocycles. The number of hydrogen-bond donors (Lipinski definition) is 1. The summed E-state index contributed by atoms with van der Waals surface area (Å²) >= 11 is 1.70. The monoisotopic (exact) mass is 250 g/mol. The largest absolute Gasteiger partial charge is 0.327 e. The number of nitrogens with zero attached hydrogens (tertiary/aromatic N) is 1. The fourth-order valence-electron chi connectivity index (χ4n) is 1.52. The lowest BCUT2D eigenvalue weighted by atomic mass is 10.4. The maximum absolute atomic E-state index is 11.5. The Balaban J connectivity index is 2.62. The molecule has 0 spiro atoms. The van der Waals surface area contributed by atoms with E-state index in [4.69, 9.17) is 5.73 Å². The van der Waals surface area contributed by atoms with Crippen molar-refractivity contribution in [3.8, 4) is 0 Å². The van der Waals surface area contributed by atoms with Crippen LogP contribution >= 0.6 is 11.8 Å². The second-order valence-electron chi connectivity index (χ2n) is 3.56. The molecule has 1 saturated heterocycles. The molecule has 15 heavy (non-hydrogen) atoms. The van der Waals surface area contributed by atoms with Crippen molar-refractivity contribution in [2.45, 2.75) is 5.37 Å². The summed E-state index contributed by atoms with van der Waals surface area (Å²) in [6.45, 7) is 2.01. The highest BCUT2D eigenvalue weighted by Gasteiger charge is 2.29. The molecule has 0 aliphatic carbocycles. The second-order valence-corrected chi connectivity index (χ2v) is 6.91. The van der Waals surface area contributed by atoms with Crippen molar-refractivity contribution < 1.29 is 8.42 Å². The second kappa shape index (κ2) is 5.89. The van der Waals surface area contributed by atoms with E-state index in [-0.39, 0.29) is 5.37 Å². The molecule has 0 aromatic heterocycles. The van der Waals surface area contributed by atoms with Crippen LogP contribution in [0.25, 0.3) is 0 Å². The third kappa shape index (κ3) is 4.14. The molecule has 2 N–H and O–H groups in total. The average molecular weight is 250 g/mol. The van der Waals surface area contributed by atoms with Crippen LogP contribution in [0.1, 0.15) is 0 Å². The summed E-state index contributed by atoms with van der Waals surface area (Å²) in [6, 6.07) is 0. The Morgan fingerprint density at radius 2 is 2.27 bits per heavy atom. The molecule has 1 heterocycles. The fraction of sp³-hybridized carbons (Fsp3) is 0.778. The van der Waals surface area contributed by atoms with E-state index in [1.165, 1.54) is 6.26 Å². The SMILES string of the molecule is CS(=O)(=O)C1CSCCN1CC=CCN. The Morgan fingerprint density at radius 1 is 1.53 bits per heavy atom. The van der Waals surface area contributed by atoms with Gasteiger partial charge in [0.25, 0.3) is 0 Å². The highest BCUT2D eigenvalue weighted by Crippen LogP contribution is 2.19. The molecule has 1 atom stereocenters. The van der Waals surface area contributed by atoms with Gasteiger partial charge in [-0.25, -0.2) is 8.42 Å². The Hall–Kier alpha value is -0.0400. The van der Waals surface area contributed by atoms with Crippen LogP contribution < -0.4 is 5.73 Å². The van der Waals surface area contributed by atoms with Crippen LogP contribution in [-0.2, 0) is 9.84 Å². The van der Waals surface area contributed by atoms with Gasteiger partial charge in [0.05, 0.1) is 0 Å². The van der Waals surface area contributed by atoms with E-state index in [2.05, 4.69) is 0 Å². The normalized spacial score (nSPS) is 24.8. The Bertz CT molecular complexity index is 314. The van der Waals surface area contributed by atoms with Gasteiger partial charge in [-0.15, -0.1) is 0 Å². The van der Waals surface area contributed by atoms with Gasteiger partial charge in [0, 0.05) is 37.4 Å². The molecule has 1 unspecified atom stereocenters. The van der Waals surface area contributed by atoms with Gasteiger partial charge in [-0.3, -0.25) is 4.90 Å². The summed E-state index contributed by atoms with van der Waals surface area (Å²) in [6.07, 6.45) is 5.11. The van der Waals surface area contributed by atoms with Crippen LogP contribution in [0.5, 0.6) is 0 Å². The summed E-state index contributed by atoms with van der Waals surface area (Å²) in [5.41, 5.74) is 5.34. The molecule has 0 aromatic rings. The van der Waals surface area contributed by atoms with Crippen LogP contribution in [0.15, 0.2) is 12.2 Å². The predicted molar refractivity (Wildman–Crippen MR) is 65.7 cm³/mol. The van der Waals surface area contributed by atoms with E-state index in [0.29, 0.717) is 18.8 Å². The van der Waals surface area contributed by atoms with Crippen LogP contribution in [-0.4, -0.2) is 56.1 Å². The van der Waals surface area contributed by atoms with Gasteiger partial charge in [-0.1, -0.05) is 12.2 Å². The number of hydrogen-bond acceptors (Lipinski definition) is 5. The van der Waals surface area contributed by atoms with Gasteiger partial charge >= 0.3 is 0 Å². The van der Waals surface area contributed by atoms with E-state index in [0.717, 1.165) is 12.3 Å². The third-order valence-electron chi connectivity index (χ3n) is 2.33. The van der Waals surface area contributed by atoms with Gasteiger partial charge in [-0.2, -0.15) is 11.8 Å². The van der Waals surface area contributed by atoms with Gasteiger partial charge in [-0.05, 0) is 0 Å². The van der Waals surface area contributed by atoms with Crippen molar-refractivity contribution >= 4 is 21.6 Å². The zero-order valence-electron chi connectivity index (χ0n) is 8.93. The first-order valence-corrected chi connectivity index (χ1v) is 8.02. The summed E-state index contributed by atoms with van der Waals surface area (Å²) in [4.78, 5) is 2.00. The molecule has 0 amide bonds. The number of nitrogens with two attached hydrogens (primary N) is 1. The zero-order chi connectivity index (χ0) is 11.3. The molecule has 1 aliphatic heterocycles. The average Bonchev–Trinajstić information content (AvgIpc) is 2.17. The Labute approximate surface area is 95.8 Å². The van der Waals surface area contributed by atoms with Crippen molar-refractivity contribution in [2.75, 3.05) is 37.4 Å². The highest BCUT2D eigenvalue weighted by atomic mass is 32.2. The molecular weight excluding hydrogens is 232 g/mol. The molecular formula is C9H18N2O2S2. The molecule has 0 bridgehead atoms. The summed E-state index contributed by atoms with van der Waals surface area (Å²) in [5.74, 6) is 1.68. The van der Waals surface area contributed by atoms with Crippen LogP contribution in [0.3, 0.4) is 0 Å². The minimum absolute atomic E-state index is 0.335. The first-order valence-electron chi connectivity index (χ1n) is 4.91. The van der Waals surface area contributed by atoms with E-state index in [1.807, 2.05) is 17.1 Å². The van der Waals surface area contributed by atoms with Gasteiger partial charge in [0.1, 0.15) is 5.37 Å². The van der Waals surface area contributed by atoms with Crippen LogP contribution in [0, 0.1) is 0 Å². The maximum Gasteiger partial charge on any atom is 0.164 e. The Morgan fingerprint density at radius 3 is 2.87 bits per heavy atom. The first-order chi connectivity index (χ1) is 7.05. The zero-order valence-corrected chi connectivity index (χ0v) is 10.6. The van der Waals surface area contributed by atoms with Crippen molar-refractivity contribution in [1.82, 2.24) is 4.90 Å². The van der Waals surface area contributed by atoms with Crippen LogP contribution in [0.2, 0.25) is 0 Å². The van der Waals surface area contributed by atoms with Gasteiger partial charge < -0.3 is 5.73 Å². The van der Waals surface area contributed by atoms with Gasteiger partial charge in [0.2, 0.25) is 0 Å². The molecule has 1 aliphatic rings. The van der Waals surface area contributed by atoms with E-state index in [1.54, 1.807) is 11.8 Å². The van der Waals surface area contributed by atoms with Crippen molar-refractivity contribution in [2.24, 2.45) is 5.73 Å². The maximum atomic E-state index is 11.5. The molecule has 88 valence electrons. The quantitative estimate of drug-likeness (QED) is 0.707. The lowest BCUT2D eigenvalue weighted by Crippen LogP contribution is -2.46. The topological polar surface area (TPSA) is 63.4 Å². The first kappa shape index (κ1) is 13.0. The highest BCUT2D eigenvalue weighted by molar-refractivity contribution is 8.00. The number of thioether (sulfide) groups is 1. The fourth-order valence-corrected chi connectivity index (χ4v) is 4.48.